The van der Waals surface area contributed by atoms with Gasteiger partial charge in [0.25, 0.3) is 0 Å². The SMILES string of the molecule is C[CH-]NC(=O)c1n[n-]c2c1CCOc1cc(C)sc1-2.C[CH-]NC(=O)c1n[n-]c2c1CCOc1sc(C)cc1-2.C[CH-]NC(=O)c1n[n-]c2c1COc1sc(C)cc1-2.[CH2-]C(=O)c1n[n-]c2c1oc1cc(C)sc12.[CH2-]NC(=O)c1n[n-]c2c1COc1cc(C)sc1-2.[W].[W].[W].[W].[W].[W].[W].[W].[W].[W].[W].[W].[Y].[Y].[Y].[Y].[Y]. The normalized spacial score (nSPS) is 10.6. The van der Waals surface area contributed by atoms with Crippen molar-refractivity contribution >= 4 is 107 Å². The molecule has 0 atom stereocenters. The molecule has 15 heterocycles. The number of furan rings is 1. The fourth-order valence-electron chi connectivity index (χ4n) is 9.71. The second-order valence-electron chi connectivity index (χ2n) is 19.6. The third-order valence-corrected chi connectivity index (χ3v) is 18.5. The van der Waals surface area contributed by atoms with E-state index < -0.39 is 0 Å². The van der Waals surface area contributed by atoms with Crippen LogP contribution in [0, 0.1) is 68.2 Å². The number of Topliss-reactive ketones (excluding diaryl/α,β-unsaturated/α-hetero) is 1. The van der Waals surface area contributed by atoms with E-state index in [1.165, 1.54) is 0 Å². The maximum absolute atomic E-state index is 11.9. The number of hydrogen-bond donors (Lipinski definition) is 4. The number of aromatic nitrogens is 10. The van der Waals surface area contributed by atoms with E-state index in [2.05, 4.69) is 86.2 Å². The second-order valence-corrected chi connectivity index (χ2v) is 25.8. The van der Waals surface area contributed by atoms with Crippen LogP contribution < -0.4 is 65.7 Å². The van der Waals surface area contributed by atoms with Gasteiger partial charge in [-0.3, -0.25) is 26.2 Å². The molecular weight excluding hydrogens is 3880 g/mol. The van der Waals surface area contributed by atoms with Crippen LogP contribution in [0.25, 0.3) is 65.0 Å². The van der Waals surface area contributed by atoms with Crippen molar-refractivity contribution in [2.75, 3.05) is 13.2 Å². The summed E-state index contributed by atoms with van der Waals surface area (Å²) < 4.78 is 29.1. The van der Waals surface area contributed by atoms with E-state index in [0.717, 1.165) is 122 Å². The molecule has 0 aromatic carbocycles. The standard InChI is InChI=1S/2C13H14N3O2S.C12H12N3O2S.C11H10N3O2S.C10H7N2O2S.12W.5Y/c1-3-14-13(17)11-8-4-5-18-9-6-7(2)19-12(9)10(8)15-16-11;1-3-14-12(17)11-8-4-5-18-13-9(6-7(2)19-13)10(8)15-16-11;1-3-13-11(16)10-8-5-17-12-7(4-6(2)18-12)9(8)14-15-10;1-5-3-7-10(17-5)8-6(4-16-7)9(14-13-8)11(15)12-2;1-4-3-6-10(15-4)8-9(14-6)7(5(2)13)11-12-8;;;;;;;;;;;;;;;;;/h2*3,6H,4-5H2,1-2H3,(H2,14,15,16,17);3-4H,5H2,1-2H3,(H2,13,14,15,16);3H,2,4H2,1H3,(H2,12,13,14,15);3H,2H2,1H3,(H,11,12,13);;;;;;;;;;;;;;;;;/q5*-1;;;;;;;;;;;;;;;;;/p-5. The van der Waals surface area contributed by atoms with E-state index in [0.29, 0.717) is 73.1 Å². The van der Waals surface area contributed by atoms with E-state index in [9.17, 15) is 24.0 Å². The number of aryl methyl sites for hydroxylation is 5. The monoisotopic (exact) mass is 3930 g/mol. The number of carbonyl (C=O) groups excluding carboxylic acids is 5. The zero-order valence-electron chi connectivity index (χ0n) is 56.2. The molecule has 4 N–H and O–H groups in total. The zero-order chi connectivity index (χ0) is 62.1. The van der Waals surface area contributed by atoms with Crippen molar-refractivity contribution in [1.82, 2.24) is 72.3 Å². The Morgan fingerprint density at radius 1 is 0.438 bits per heavy atom. The van der Waals surface area contributed by atoms with Crippen molar-refractivity contribution in [2.45, 2.75) is 81.4 Å². The number of fused-ring (bicyclic) bond motifs is 15. The number of amides is 4. The number of rotatable bonds is 8. The summed E-state index contributed by atoms with van der Waals surface area (Å²) >= 11 is 7.98. The number of hydrogen-bond acceptors (Lipinski definition) is 20. The Balaban J connectivity index is -0.000000220. The minimum absolute atomic E-state index is 0. The van der Waals surface area contributed by atoms with Crippen LogP contribution in [-0.4, -0.2) is 68.1 Å². The summed E-state index contributed by atoms with van der Waals surface area (Å²) in [5, 5.41) is 52.1. The van der Waals surface area contributed by atoms with Crippen molar-refractivity contribution in [3.05, 3.63) is 139 Å². The second kappa shape index (κ2) is 57.8. The van der Waals surface area contributed by atoms with Gasteiger partial charge in [0, 0.05) is 482 Å². The zero-order valence-corrected chi connectivity index (χ0v) is 110. The van der Waals surface area contributed by atoms with Crippen LogP contribution in [0.3, 0.4) is 0 Å². The molecule has 15 rings (SSSR count). The van der Waals surface area contributed by atoms with Gasteiger partial charge in [-0.05, 0) is 81.8 Å². The molecule has 0 saturated carbocycles. The Labute approximate surface area is 924 Å². The summed E-state index contributed by atoms with van der Waals surface area (Å²) in [6.45, 7) is 25.2. The molecule has 0 fully saturated rings. The molecule has 24 nitrogen and oxygen atoms in total. The van der Waals surface area contributed by atoms with Crippen molar-refractivity contribution in [3.63, 3.8) is 0 Å². The van der Waals surface area contributed by atoms with Gasteiger partial charge in [0.05, 0.1) is 33.3 Å². The summed E-state index contributed by atoms with van der Waals surface area (Å²) in [6.07, 6.45) is 1.30. The smallest absolute Gasteiger partial charge is 0.239 e. The van der Waals surface area contributed by atoms with Crippen LogP contribution in [0.1, 0.15) is 120 Å². The van der Waals surface area contributed by atoms with Gasteiger partial charge in [-0.1, -0.05) is 16.9 Å². The number of nitrogens with one attached hydrogen (secondary N) is 4. The molecule has 105 heavy (non-hydrogen) atoms. The van der Waals surface area contributed by atoms with Gasteiger partial charge in [-0.25, -0.2) is 19.6 Å². The average Bonchev–Trinajstić information content (AvgIpc) is 1.64. The van der Waals surface area contributed by atoms with Gasteiger partial charge in [0.2, 0.25) is 23.6 Å². The molecule has 11 aromatic heterocycles. The fraction of sp³-hybridized carbons (Fsp3) is 0.237. The average molecular weight is 3930 g/mol. The van der Waals surface area contributed by atoms with Crippen molar-refractivity contribution < 1.29 is 464 Å². The maximum atomic E-state index is 11.9. The molecule has 4 aliphatic rings. The largest absolute Gasteiger partial charge is 0.591 e. The Morgan fingerprint density at radius 3 is 1.27 bits per heavy atom. The van der Waals surface area contributed by atoms with Gasteiger partial charge >= 0.3 is 0 Å². The van der Waals surface area contributed by atoms with Crippen LogP contribution >= 0.6 is 56.7 Å². The molecule has 4 amide bonds. The minimum Gasteiger partial charge on any atom is -0.591 e. The first kappa shape index (κ1) is 123. The maximum Gasteiger partial charge on any atom is 0.239 e. The summed E-state index contributed by atoms with van der Waals surface area (Å²) in [5.74, 6) is 0.288. The Bertz CT molecular complexity index is 4410. The minimum atomic E-state index is -0.365. The fourth-order valence-corrected chi connectivity index (χ4v) is 14.3. The molecular formula is C59H52N14O10S5W12Y5-10. The van der Waals surface area contributed by atoms with Crippen molar-refractivity contribution in [3.8, 4) is 65.3 Å². The predicted molar refractivity (Wildman–Crippen MR) is 332 cm³/mol. The topological polar surface area (TPSA) is 318 Å². The Morgan fingerprint density at radius 2 is 0.800 bits per heavy atom. The van der Waals surface area contributed by atoms with Crippen molar-refractivity contribution in [1.29, 1.82) is 0 Å². The van der Waals surface area contributed by atoms with E-state index >= 15 is 0 Å². The molecule has 4 aliphatic heterocycles. The van der Waals surface area contributed by atoms with E-state index in [-0.39, 0.29) is 451 Å². The number of ketones is 1. The predicted octanol–water partition coefficient (Wildman–Crippen LogP) is 9.50. The molecule has 46 heteroatoms. The van der Waals surface area contributed by atoms with Crippen LogP contribution in [0.4, 0.5) is 0 Å². The molecule has 0 bridgehead atoms. The third-order valence-electron chi connectivity index (χ3n) is 13.5. The number of carbonyl (C=O) groups is 5. The number of thiophene rings is 5. The molecule has 545 valence electrons. The molecule has 0 aliphatic carbocycles. The van der Waals surface area contributed by atoms with Crippen LogP contribution in [0.2, 0.25) is 0 Å². The van der Waals surface area contributed by atoms with E-state index in [1.54, 1.807) is 97.1 Å². The van der Waals surface area contributed by atoms with E-state index in [4.69, 9.17) is 23.4 Å². The summed E-state index contributed by atoms with van der Waals surface area (Å²) in [6, 6.07) is 9.95. The summed E-state index contributed by atoms with van der Waals surface area (Å²) in [7, 11) is 3.33. The van der Waals surface area contributed by atoms with Crippen molar-refractivity contribution in [2.24, 2.45) is 0 Å². The number of ether oxygens (including phenoxy) is 4. The van der Waals surface area contributed by atoms with Crippen LogP contribution in [0.5, 0.6) is 21.6 Å². The van der Waals surface area contributed by atoms with Gasteiger partial charge in [0.15, 0.2) is 10.1 Å². The van der Waals surface area contributed by atoms with Gasteiger partial charge in [-0.15, -0.1) is 68.1 Å². The first-order valence-corrected chi connectivity index (χ1v) is 31.1. The van der Waals surface area contributed by atoms with Crippen LogP contribution in [0.15, 0.2) is 34.7 Å². The molecule has 5 radical (unpaired) electrons. The Kier molecular flexibility index (Phi) is 67.7. The number of nitrogens with zero attached hydrogens (tertiary/aromatic N) is 10. The molecule has 0 saturated heterocycles. The van der Waals surface area contributed by atoms with E-state index in [1.807, 2.05) is 65.0 Å². The van der Waals surface area contributed by atoms with Gasteiger partial charge in [-0.2, -0.15) is 27.7 Å². The third kappa shape index (κ3) is 29.0. The van der Waals surface area contributed by atoms with Gasteiger partial charge in [0.1, 0.15) is 53.1 Å². The first-order valence-electron chi connectivity index (χ1n) is 27.0. The quantitative estimate of drug-likeness (QED) is 0.0812. The molecule has 0 spiro atoms. The summed E-state index contributed by atoms with van der Waals surface area (Å²) in [4.78, 5) is 66.0. The first-order chi connectivity index (χ1) is 42.5. The summed E-state index contributed by atoms with van der Waals surface area (Å²) in [5.41, 5.74) is 11.7. The molecule has 11 aromatic rings. The van der Waals surface area contributed by atoms with Crippen LogP contribution in [-0.2, 0) is 442 Å². The molecule has 0 unspecified atom stereocenters. The Hall–Kier alpha value is 4.75. The van der Waals surface area contributed by atoms with Gasteiger partial charge < -0.3 is 100 Å².